The van der Waals surface area contributed by atoms with E-state index in [2.05, 4.69) is 24.0 Å². The summed E-state index contributed by atoms with van der Waals surface area (Å²) in [5.41, 5.74) is 1.18. The lowest BCUT2D eigenvalue weighted by atomic mass is 10.2. The third-order valence-corrected chi connectivity index (χ3v) is 3.79. The lowest BCUT2D eigenvalue weighted by Gasteiger charge is -2.06. The molecule has 0 saturated heterocycles. The Bertz CT molecular complexity index is 642. The fraction of sp³-hybridized carbons (Fsp3) is 0.214. The Morgan fingerprint density at radius 1 is 1.28 bits per heavy atom. The molecule has 0 fully saturated rings. The van der Waals surface area contributed by atoms with Crippen LogP contribution in [0.4, 0.5) is 0 Å². The van der Waals surface area contributed by atoms with Crippen LogP contribution >= 0.6 is 11.3 Å². The minimum atomic E-state index is 0.726. The van der Waals surface area contributed by atoms with Gasteiger partial charge in [-0.05, 0) is 12.0 Å². The van der Waals surface area contributed by atoms with Crippen molar-refractivity contribution in [3.05, 3.63) is 42.7 Å². The maximum absolute atomic E-state index is 5.89. The second-order valence-corrected chi connectivity index (χ2v) is 5.01. The number of thiazole rings is 1. The van der Waals surface area contributed by atoms with E-state index in [-0.39, 0.29) is 0 Å². The first-order chi connectivity index (χ1) is 8.90. The normalized spacial score (nSPS) is 10.9. The molecule has 2 heterocycles. The Labute approximate surface area is 110 Å². The highest BCUT2D eigenvalue weighted by Gasteiger charge is 2.15. The molecular weight excluding hydrogens is 244 g/mol. The molecule has 0 aliphatic carbocycles. The number of aromatic nitrogens is 2. The number of fused-ring (bicyclic) bond motifs is 1. The molecule has 1 aromatic carbocycles. The minimum absolute atomic E-state index is 0.726. The topological polar surface area (TPSA) is 26.5 Å². The molecule has 0 atom stereocenters. The highest BCUT2D eigenvalue weighted by molar-refractivity contribution is 7.20. The number of imidazole rings is 1. The molecular formula is C14H14N2OS. The summed E-state index contributed by atoms with van der Waals surface area (Å²) in [5, 5.41) is 0. The van der Waals surface area contributed by atoms with Crippen molar-refractivity contribution in [3.63, 3.8) is 0 Å². The molecule has 3 nitrogen and oxygen atoms in total. The Morgan fingerprint density at radius 2 is 2.11 bits per heavy atom. The molecule has 0 unspecified atom stereocenters. The van der Waals surface area contributed by atoms with E-state index in [4.69, 9.17) is 4.74 Å². The lowest BCUT2D eigenvalue weighted by Crippen LogP contribution is -1.98. The number of hydrogen-bond acceptors (Lipinski definition) is 3. The average Bonchev–Trinajstić information content (AvgIpc) is 2.98. The molecule has 3 aromatic rings. The maximum Gasteiger partial charge on any atom is 0.218 e. The standard InChI is InChI=1S/C14H14N2OS/c1-2-10-17-13-12(11-6-4-3-5-7-11)18-14-15-8-9-16(13)14/h3-9H,2,10H2,1H3. The molecule has 0 N–H and O–H groups in total. The van der Waals surface area contributed by atoms with Gasteiger partial charge in [-0.3, -0.25) is 4.40 Å². The van der Waals surface area contributed by atoms with Gasteiger partial charge in [-0.2, -0.15) is 0 Å². The Kier molecular flexibility index (Phi) is 3.02. The fourth-order valence-corrected chi connectivity index (χ4v) is 2.91. The Morgan fingerprint density at radius 3 is 2.89 bits per heavy atom. The predicted octanol–water partition coefficient (Wildman–Crippen LogP) is 3.85. The van der Waals surface area contributed by atoms with Gasteiger partial charge in [0, 0.05) is 12.4 Å². The molecule has 0 saturated carbocycles. The summed E-state index contributed by atoms with van der Waals surface area (Å²) in [6.45, 7) is 2.84. The molecule has 0 radical (unpaired) electrons. The zero-order chi connectivity index (χ0) is 12.4. The first-order valence-corrected chi connectivity index (χ1v) is 6.86. The van der Waals surface area contributed by atoms with Crippen molar-refractivity contribution in [2.45, 2.75) is 13.3 Å². The van der Waals surface area contributed by atoms with Gasteiger partial charge in [-0.25, -0.2) is 4.98 Å². The summed E-state index contributed by atoms with van der Waals surface area (Å²) in [7, 11) is 0. The second-order valence-electron chi connectivity index (χ2n) is 4.03. The number of hydrogen-bond donors (Lipinski definition) is 0. The number of ether oxygens (including phenoxy) is 1. The van der Waals surface area contributed by atoms with Crippen LogP contribution in [0, 0.1) is 0 Å². The molecule has 0 aliphatic rings. The lowest BCUT2D eigenvalue weighted by molar-refractivity contribution is 0.304. The van der Waals surface area contributed by atoms with Crippen LogP contribution in [0.15, 0.2) is 42.7 Å². The van der Waals surface area contributed by atoms with E-state index in [0.29, 0.717) is 0 Å². The molecule has 0 aliphatic heterocycles. The predicted molar refractivity (Wildman–Crippen MR) is 74.3 cm³/mol. The Hall–Kier alpha value is -1.81. The molecule has 18 heavy (non-hydrogen) atoms. The SMILES string of the molecule is CCCOc1c(-c2ccccc2)sc2nccn12. The van der Waals surface area contributed by atoms with E-state index in [1.54, 1.807) is 17.5 Å². The van der Waals surface area contributed by atoms with Crippen LogP contribution in [0.3, 0.4) is 0 Å². The molecule has 2 aromatic heterocycles. The minimum Gasteiger partial charge on any atom is -0.478 e. The van der Waals surface area contributed by atoms with Crippen LogP contribution < -0.4 is 4.74 Å². The van der Waals surface area contributed by atoms with Crippen molar-refractivity contribution in [2.75, 3.05) is 6.61 Å². The average molecular weight is 258 g/mol. The van der Waals surface area contributed by atoms with Gasteiger partial charge >= 0.3 is 0 Å². The molecule has 92 valence electrons. The first kappa shape index (κ1) is 11.3. The van der Waals surface area contributed by atoms with E-state index in [0.717, 1.165) is 28.7 Å². The van der Waals surface area contributed by atoms with Gasteiger partial charge in [0.15, 0.2) is 4.96 Å². The zero-order valence-corrected chi connectivity index (χ0v) is 11.0. The highest BCUT2D eigenvalue weighted by atomic mass is 32.1. The molecule has 0 spiro atoms. The summed E-state index contributed by atoms with van der Waals surface area (Å²) in [5.74, 6) is 0.903. The molecule has 3 rings (SSSR count). The van der Waals surface area contributed by atoms with E-state index in [9.17, 15) is 0 Å². The van der Waals surface area contributed by atoms with Crippen molar-refractivity contribution < 1.29 is 4.74 Å². The van der Waals surface area contributed by atoms with Crippen LogP contribution in [0.1, 0.15) is 13.3 Å². The molecule has 0 amide bonds. The second kappa shape index (κ2) is 4.82. The monoisotopic (exact) mass is 258 g/mol. The van der Waals surface area contributed by atoms with Crippen molar-refractivity contribution in [2.24, 2.45) is 0 Å². The van der Waals surface area contributed by atoms with Gasteiger partial charge in [-0.15, -0.1) is 0 Å². The van der Waals surface area contributed by atoms with Crippen molar-refractivity contribution in [3.8, 4) is 16.3 Å². The van der Waals surface area contributed by atoms with Crippen LogP contribution in [0.25, 0.3) is 15.4 Å². The van der Waals surface area contributed by atoms with E-state index in [1.807, 2.05) is 28.8 Å². The highest BCUT2D eigenvalue weighted by Crippen LogP contribution is 2.38. The largest absolute Gasteiger partial charge is 0.478 e. The van der Waals surface area contributed by atoms with E-state index < -0.39 is 0 Å². The number of nitrogens with zero attached hydrogens (tertiary/aromatic N) is 2. The van der Waals surface area contributed by atoms with Gasteiger partial charge < -0.3 is 4.74 Å². The summed E-state index contributed by atoms with van der Waals surface area (Å²) < 4.78 is 7.90. The summed E-state index contributed by atoms with van der Waals surface area (Å²) in [6.07, 6.45) is 4.75. The third kappa shape index (κ3) is 1.88. The van der Waals surface area contributed by atoms with Crippen LogP contribution in [-0.4, -0.2) is 16.0 Å². The Balaban J connectivity index is 2.12. The summed E-state index contributed by atoms with van der Waals surface area (Å²) >= 11 is 1.66. The number of rotatable bonds is 4. The summed E-state index contributed by atoms with van der Waals surface area (Å²) in [4.78, 5) is 6.45. The van der Waals surface area contributed by atoms with Crippen molar-refractivity contribution >= 4 is 16.3 Å². The van der Waals surface area contributed by atoms with Crippen LogP contribution in [0.2, 0.25) is 0 Å². The fourth-order valence-electron chi connectivity index (χ4n) is 1.87. The maximum atomic E-state index is 5.89. The number of benzene rings is 1. The van der Waals surface area contributed by atoms with Crippen molar-refractivity contribution in [1.82, 2.24) is 9.38 Å². The van der Waals surface area contributed by atoms with E-state index in [1.165, 1.54) is 5.56 Å². The smallest absolute Gasteiger partial charge is 0.218 e. The quantitative estimate of drug-likeness (QED) is 0.710. The zero-order valence-electron chi connectivity index (χ0n) is 10.2. The molecule has 4 heteroatoms. The van der Waals surface area contributed by atoms with Crippen molar-refractivity contribution in [1.29, 1.82) is 0 Å². The third-order valence-electron chi connectivity index (χ3n) is 2.69. The molecule has 0 bridgehead atoms. The summed E-state index contributed by atoms with van der Waals surface area (Å²) in [6, 6.07) is 10.3. The van der Waals surface area contributed by atoms with Gasteiger partial charge in [0.2, 0.25) is 5.88 Å². The van der Waals surface area contributed by atoms with Gasteiger partial charge in [0.1, 0.15) is 0 Å². The first-order valence-electron chi connectivity index (χ1n) is 6.04. The van der Waals surface area contributed by atoms with Gasteiger partial charge in [0.25, 0.3) is 0 Å². The van der Waals surface area contributed by atoms with Gasteiger partial charge in [0.05, 0.1) is 11.5 Å². The van der Waals surface area contributed by atoms with Gasteiger partial charge in [-0.1, -0.05) is 48.6 Å². The van der Waals surface area contributed by atoms with E-state index >= 15 is 0 Å². The van der Waals surface area contributed by atoms with Crippen LogP contribution in [-0.2, 0) is 0 Å². The van der Waals surface area contributed by atoms with Crippen LogP contribution in [0.5, 0.6) is 5.88 Å².